The number of rotatable bonds is 2. The van der Waals surface area contributed by atoms with Crippen molar-refractivity contribution in [2.75, 3.05) is 6.61 Å². The molecule has 0 aromatic heterocycles. The van der Waals surface area contributed by atoms with Gasteiger partial charge in [-0.1, -0.05) is 0 Å². The molecule has 0 saturated heterocycles. The molecule has 1 rings (SSSR count). The standard InChI is InChI=1S/C10H17NO3/c1-4-13-10(12)9-7(3)14-6(2)5-8(9)11/h6-7H,4-5,11H2,1-3H3. The normalized spacial score (nSPS) is 27.6. The van der Waals surface area contributed by atoms with Crippen LogP contribution in [0.3, 0.4) is 0 Å². The van der Waals surface area contributed by atoms with Gasteiger partial charge in [-0.05, 0) is 20.8 Å². The van der Waals surface area contributed by atoms with Gasteiger partial charge in [-0.2, -0.15) is 0 Å². The van der Waals surface area contributed by atoms with Gasteiger partial charge in [0.2, 0.25) is 0 Å². The van der Waals surface area contributed by atoms with Crippen LogP contribution < -0.4 is 5.73 Å². The van der Waals surface area contributed by atoms with Gasteiger partial charge in [-0.3, -0.25) is 0 Å². The SMILES string of the molecule is CCOC(=O)C1=C(N)CC(C)OC1C. The Morgan fingerprint density at radius 2 is 2.29 bits per heavy atom. The summed E-state index contributed by atoms with van der Waals surface area (Å²) >= 11 is 0. The first kappa shape index (κ1) is 11.0. The Bertz CT molecular complexity index is 260. The molecule has 1 heterocycles. The second-order valence-corrected chi connectivity index (χ2v) is 3.45. The van der Waals surface area contributed by atoms with Crippen molar-refractivity contribution < 1.29 is 14.3 Å². The summed E-state index contributed by atoms with van der Waals surface area (Å²) < 4.78 is 10.4. The van der Waals surface area contributed by atoms with Crippen molar-refractivity contribution in [2.24, 2.45) is 5.73 Å². The minimum Gasteiger partial charge on any atom is -0.463 e. The molecule has 4 heteroatoms. The number of esters is 1. The van der Waals surface area contributed by atoms with E-state index in [1.54, 1.807) is 6.92 Å². The van der Waals surface area contributed by atoms with E-state index in [1.165, 1.54) is 0 Å². The molecule has 0 fully saturated rings. The Kier molecular flexibility index (Phi) is 3.52. The summed E-state index contributed by atoms with van der Waals surface area (Å²) in [5.74, 6) is -0.357. The van der Waals surface area contributed by atoms with Crippen molar-refractivity contribution in [1.82, 2.24) is 0 Å². The summed E-state index contributed by atoms with van der Waals surface area (Å²) in [7, 11) is 0. The number of carbonyl (C=O) groups is 1. The monoisotopic (exact) mass is 199 g/mol. The largest absolute Gasteiger partial charge is 0.463 e. The second kappa shape index (κ2) is 4.46. The molecule has 14 heavy (non-hydrogen) atoms. The Balaban J connectivity index is 2.83. The molecule has 80 valence electrons. The van der Waals surface area contributed by atoms with Gasteiger partial charge in [-0.15, -0.1) is 0 Å². The maximum atomic E-state index is 11.5. The first-order chi connectivity index (χ1) is 6.56. The topological polar surface area (TPSA) is 61.5 Å². The van der Waals surface area contributed by atoms with Gasteiger partial charge in [0.25, 0.3) is 0 Å². The molecule has 2 unspecified atom stereocenters. The highest BCUT2D eigenvalue weighted by atomic mass is 16.5. The van der Waals surface area contributed by atoms with Crippen LogP contribution in [0.4, 0.5) is 0 Å². The van der Waals surface area contributed by atoms with Crippen LogP contribution in [-0.2, 0) is 14.3 Å². The van der Waals surface area contributed by atoms with E-state index in [0.717, 1.165) is 0 Å². The van der Waals surface area contributed by atoms with Crippen molar-refractivity contribution in [1.29, 1.82) is 0 Å². The van der Waals surface area contributed by atoms with Crippen LogP contribution in [0.5, 0.6) is 0 Å². The minimum absolute atomic E-state index is 0.0724. The molecule has 1 aliphatic rings. The lowest BCUT2D eigenvalue weighted by atomic mass is 10.0. The van der Waals surface area contributed by atoms with Crippen LogP contribution in [-0.4, -0.2) is 24.8 Å². The van der Waals surface area contributed by atoms with Gasteiger partial charge >= 0.3 is 5.97 Å². The van der Waals surface area contributed by atoms with E-state index >= 15 is 0 Å². The second-order valence-electron chi connectivity index (χ2n) is 3.45. The zero-order chi connectivity index (χ0) is 10.7. The van der Waals surface area contributed by atoms with Gasteiger partial charge in [0.1, 0.15) is 0 Å². The zero-order valence-electron chi connectivity index (χ0n) is 8.87. The Hall–Kier alpha value is -1.03. The smallest absolute Gasteiger partial charge is 0.338 e. The van der Waals surface area contributed by atoms with Crippen LogP contribution >= 0.6 is 0 Å². The fourth-order valence-electron chi connectivity index (χ4n) is 1.65. The maximum absolute atomic E-state index is 11.5. The van der Waals surface area contributed by atoms with Crippen molar-refractivity contribution in [2.45, 2.75) is 39.4 Å². The Labute approximate surface area is 84.1 Å². The van der Waals surface area contributed by atoms with E-state index < -0.39 is 0 Å². The van der Waals surface area contributed by atoms with Crippen LogP contribution in [0, 0.1) is 0 Å². The van der Waals surface area contributed by atoms with Crippen molar-refractivity contribution >= 4 is 5.97 Å². The molecule has 0 spiro atoms. The van der Waals surface area contributed by atoms with Gasteiger partial charge < -0.3 is 15.2 Å². The summed E-state index contributed by atoms with van der Waals surface area (Å²) in [6.45, 7) is 5.88. The zero-order valence-corrected chi connectivity index (χ0v) is 8.87. The lowest BCUT2D eigenvalue weighted by Gasteiger charge is -2.27. The van der Waals surface area contributed by atoms with Crippen LogP contribution in [0.2, 0.25) is 0 Å². The quantitative estimate of drug-likeness (QED) is 0.673. The van der Waals surface area contributed by atoms with E-state index in [0.29, 0.717) is 24.3 Å². The van der Waals surface area contributed by atoms with Gasteiger partial charge in [0.15, 0.2) is 0 Å². The average Bonchev–Trinajstić information content (AvgIpc) is 2.01. The van der Waals surface area contributed by atoms with E-state index in [9.17, 15) is 4.79 Å². The van der Waals surface area contributed by atoms with E-state index in [4.69, 9.17) is 15.2 Å². The van der Waals surface area contributed by atoms with E-state index in [1.807, 2.05) is 13.8 Å². The number of hydrogen-bond acceptors (Lipinski definition) is 4. The van der Waals surface area contributed by atoms with E-state index in [2.05, 4.69) is 0 Å². The van der Waals surface area contributed by atoms with Crippen molar-refractivity contribution in [3.8, 4) is 0 Å². The van der Waals surface area contributed by atoms with Gasteiger partial charge in [0.05, 0.1) is 24.4 Å². The Morgan fingerprint density at radius 3 is 2.79 bits per heavy atom. The molecule has 0 aromatic rings. The third kappa shape index (κ3) is 2.26. The molecule has 0 bridgehead atoms. The molecule has 0 aromatic carbocycles. The molecule has 4 nitrogen and oxygen atoms in total. The molecule has 1 aliphatic heterocycles. The summed E-state index contributed by atoms with van der Waals surface area (Å²) in [4.78, 5) is 11.5. The molecule has 0 amide bonds. The van der Waals surface area contributed by atoms with Gasteiger partial charge in [0, 0.05) is 12.1 Å². The minimum atomic E-state index is -0.357. The maximum Gasteiger partial charge on any atom is 0.338 e. The summed E-state index contributed by atoms with van der Waals surface area (Å²) in [5.41, 5.74) is 6.86. The third-order valence-electron chi connectivity index (χ3n) is 2.19. The summed E-state index contributed by atoms with van der Waals surface area (Å²) in [6, 6.07) is 0. The third-order valence-corrected chi connectivity index (χ3v) is 2.19. The fourth-order valence-corrected chi connectivity index (χ4v) is 1.65. The van der Waals surface area contributed by atoms with Crippen molar-refractivity contribution in [3.63, 3.8) is 0 Å². The number of carbonyl (C=O) groups excluding carboxylic acids is 1. The average molecular weight is 199 g/mol. The number of nitrogens with two attached hydrogens (primary N) is 1. The molecular weight excluding hydrogens is 182 g/mol. The molecule has 0 saturated carbocycles. The number of ether oxygens (including phenoxy) is 2. The molecule has 2 atom stereocenters. The summed E-state index contributed by atoms with van der Waals surface area (Å²) in [6.07, 6.45) is 0.402. The molecular formula is C10H17NO3. The highest BCUT2D eigenvalue weighted by molar-refractivity contribution is 5.90. The predicted molar refractivity (Wildman–Crippen MR) is 52.5 cm³/mol. The highest BCUT2D eigenvalue weighted by Gasteiger charge is 2.28. The molecule has 2 N–H and O–H groups in total. The van der Waals surface area contributed by atoms with Crippen LogP contribution in [0.15, 0.2) is 11.3 Å². The summed E-state index contributed by atoms with van der Waals surface area (Å²) in [5, 5.41) is 0. The molecule has 0 radical (unpaired) electrons. The predicted octanol–water partition coefficient (Wildman–Crippen LogP) is 0.960. The first-order valence-corrected chi connectivity index (χ1v) is 4.87. The number of hydrogen-bond donors (Lipinski definition) is 1. The van der Waals surface area contributed by atoms with Crippen molar-refractivity contribution in [3.05, 3.63) is 11.3 Å². The van der Waals surface area contributed by atoms with Crippen LogP contribution in [0.1, 0.15) is 27.2 Å². The van der Waals surface area contributed by atoms with Gasteiger partial charge in [-0.25, -0.2) is 4.79 Å². The molecule has 0 aliphatic carbocycles. The highest BCUT2D eigenvalue weighted by Crippen LogP contribution is 2.23. The van der Waals surface area contributed by atoms with E-state index in [-0.39, 0.29) is 18.2 Å². The first-order valence-electron chi connectivity index (χ1n) is 4.87. The van der Waals surface area contributed by atoms with Crippen LogP contribution in [0.25, 0.3) is 0 Å². The lowest BCUT2D eigenvalue weighted by Crippen LogP contribution is -2.33. The lowest BCUT2D eigenvalue weighted by molar-refractivity contribution is -0.141. The Morgan fingerprint density at radius 1 is 1.64 bits per heavy atom. The fraction of sp³-hybridized carbons (Fsp3) is 0.700.